The van der Waals surface area contributed by atoms with Gasteiger partial charge in [0.1, 0.15) is 0 Å². The Kier molecular flexibility index (Phi) is 5.29. The molecule has 0 unspecified atom stereocenters. The lowest BCUT2D eigenvalue weighted by Gasteiger charge is -2.26. The molecule has 0 spiro atoms. The zero-order valence-electron chi connectivity index (χ0n) is 9.69. The Bertz CT molecular complexity index is 419. The first-order chi connectivity index (χ1) is 7.91. The molecule has 0 atom stereocenters. The van der Waals surface area contributed by atoms with Crippen LogP contribution in [-0.2, 0) is 0 Å². The van der Waals surface area contributed by atoms with Gasteiger partial charge >= 0.3 is 0 Å². The van der Waals surface area contributed by atoms with Gasteiger partial charge < -0.3 is 5.32 Å². The number of hydrogen-bond acceptors (Lipinski definition) is 1. The quantitative estimate of drug-likeness (QED) is 0.833. The summed E-state index contributed by atoms with van der Waals surface area (Å²) in [5, 5.41) is 2.85. The third kappa shape index (κ3) is 3.87. The molecule has 1 amide bonds. The van der Waals surface area contributed by atoms with Gasteiger partial charge in [0.2, 0.25) is 0 Å². The third-order valence-corrected chi connectivity index (χ3v) is 4.12. The first-order valence-electron chi connectivity index (χ1n) is 5.12. The van der Waals surface area contributed by atoms with Gasteiger partial charge in [0.15, 0.2) is 0 Å². The standard InChI is InChI=1S/C12H14BrCl2NO/c1-8-3-4-9(13)5-10(8)11(17)16-12(2,6-14)7-15/h3-5H,6-7H2,1-2H3,(H,16,17). The van der Waals surface area contributed by atoms with E-state index < -0.39 is 5.54 Å². The zero-order valence-corrected chi connectivity index (χ0v) is 12.8. The minimum atomic E-state index is -0.588. The molecule has 2 nitrogen and oxygen atoms in total. The number of nitrogens with one attached hydrogen (secondary N) is 1. The molecule has 0 aliphatic rings. The maximum atomic E-state index is 12.1. The van der Waals surface area contributed by atoms with Crippen LogP contribution in [0.4, 0.5) is 0 Å². The first kappa shape index (κ1) is 14.8. The van der Waals surface area contributed by atoms with Crippen LogP contribution in [0, 0.1) is 6.92 Å². The van der Waals surface area contributed by atoms with E-state index >= 15 is 0 Å². The van der Waals surface area contributed by atoms with Gasteiger partial charge in [0, 0.05) is 21.8 Å². The molecule has 0 bridgehead atoms. The van der Waals surface area contributed by atoms with Gasteiger partial charge in [0.25, 0.3) is 5.91 Å². The molecule has 0 fully saturated rings. The largest absolute Gasteiger partial charge is 0.344 e. The van der Waals surface area contributed by atoms with E-state index in [1.807, 2.05) is 26.0 Å². The van der Waals surface area contributed by atoms with Gasteiger partial charge in [-0.3, -0.25) is 4.79 Å². The summed E-state index contributed by atoms with van der Waals surface area (Å²) in [7, 11) is 0. The van der Waals surface area contributed by atoms with E-state index in [-0.39, 0.29) is 17.7 Å². The molecule has 1 aromatic carbocycles. The second kappa shape index (κ2) is 6.07. The number of alkyl halides is 2. The van der Waals surface area contributed by atoms with Crippen LogP contribution < -0.4 is 5.32 Å². The molecular formula is C12H14BrCl2NO. The number of aryl methyl sites for hydroxylation is 1. The molecule has 5 heteroatoms. The summed E-state index contributed by atoms with van der Waals surface area (Å²) < 4.78 is 0.867. The minimum absolute atomic E-state index is 0.160. The molecular weight excluding hydrogens is 325 g/mol. The molecule has 0 aliphatic carbocycles. The Labute approximate surface area is 120 Å². The highest BCUT2D eigenvalue weighted by atomic mass is 79.9. The highest BCUT2D eigenvalue weighted by molar-refractivity contribution is 9.10. The lowest BCUT2D eigenvalue weighted by molar-refractivity contribution is 0.0920. The smallest absolute Gasteiger partial charge is 0.252 e. The molecule has 0 heterocycles. The summed E-state index contributed by atoms with van der Waals surface area (Å²) in [5.74, 6) is 0.387. The topological polar surface area (TPSA) is 29.1 Å². The predicted octanol–water partition coefficient (Wildman–Crippen LogP) is 3.72. The number of carbonyl (C=O) groups is 1. The SMILES string of the molecule is Cc1ccc(Br)cc1C(=O)NC(C)(CCl)CCl. The number of hydrogen-bond donors (Lipinski definition) is 1. The van der Waals surface area contributed by atoms with Crippen molar-refractivity contribution in [1.29, 1.82) is 0 Å². The van der Waals surface area contributed by atoms with Crippen molar-refractivity contribution in [2.24, 2.45) is 0 Å². The van der Waals surface area contributed by atoms with E-state index in [1.54, 1.807) is 6.07 Å². The fourth-order valence-corrected chi connectivity index (χ4v) is 2.06. The fraction of sp³-hybridized carbons (Fsp3) is 0.417. The van der Waals surface area contributed by atoms with Crippen molar-refractivity contribution in [3.05, 3.63) is 33.8 Å². The summed E-state index contributed by atoms with van der Waals surface area (Å²) >= 11 is 15.0. The van der Waals surface area contributed by atoms with E-state index in [9.17, 15) is 4.79 Å². The van der Waals surface area contributed by atoms with Crippen LogP contribution in [0.1, 0.15) is 22.8 Å². The molecule has 94 valence electrons. The highest BCUT2D eigenvalue weighted by Crippen LogP contribution is 2.17. The van der Waals surface area contributed by atoms with Crippen molar-refractivity contribution in [1.82, 2.24) is 5.32 Å². The Morgan fingerprint density at radius 2 is 2.00 bits per heavy atom. The normalized spacial score (nSPS) is 11.4. The van der Waals surface area contributed by atoms with Crippen LogP contribution in [0.15, 0.2) is 22.7 Å². The van der Waals surface area contributed by atoms with Crippen LogP contribution in [0.5, 0.6) is 0 Å². The maximum absolute atomic E-state index is 12.1. The molecule has 0 saturated heterocycles. The van der Waals surface area contributed by atoms with E-state index in [0.717, 1.165) is 10.0 Å². The Hall–Kier alpha value is -0.250. The monoisotopic (exact) mass is 337 g/mol. The van der Waals surface area contributed by atoms with Crippen molar-refractivity contribution in [3.8, 4) is 0 Å². The van der Waals surface area contributed by atoms with Crippen LogP contribution >= 0.6 is 39.1 Å². The summed E-state index contributed by atoms with van der Waals surface area (Å²) in [6.07, 6.45) is 0. The predicted molar refractivity (Wildman–Crippen MR) is 76.2 cm³/mol. The maximum Gasteiger partial charge on any atom is 0.252 e. The lowest BCUT2D eigenvalue weighted by atomic mass is 10.0. The second-order valence-corrected chi connectivity index (χ2v) is 5.69. The van der Waals surface area contributed by atoms with Gasteiger partial charge in [-0.15, -0.1) is 23.2 Å². The average Bonchev–Trinajstić information content (AvgIpc) is 2.32. The zero-order chi connectivity index (χ0) is 13.1. The first-order valence-corrected chi connectivity index (χ1v) is 6.98. The van der Waals surface area contributed by atoms with Crippen LogP contribution in [0.25, 0.3) is 0 Å². The molecule has 0 saturated carbocycles. The average molecular weight is 339 g/mol. The van der Waals surface area contributed by atoms with E-state index in [2.05, 4.69) is 21.2 Å². The Morgan fingerprint density at radius 1 is 1.41 bits per heavy atom. The van der Waals surface area contributed by atoms with E-state index in [0.29, 0.717) is 5.56 Å². The van der Waals surface area contributed by atoms with Gasteiger partial charge in [-0.1, -0.05) is 22.0 Å². The molecule has 0 radical (unpaired) electrons. The van der Waals surface area contributed by atoms with Gasteiger partial charge in [-0.2, -0.15) is 0 Å². The van der Waals surface area contributed by atoms with Crippen LogP contribution in [0.3, 0.4) is 0 Å². The number of benzene rings is 1. The van der Waals surface area contributed by atoms with E-state index in [1.165, 1.54) is 0 Å². The summed E-state index contributed by atoms with van der Waals surface area (Å²) in [4.78, 5) is 12.1. The number of carbonyl (C=O) groups excluding carboxylic acids is 1. The van der Waals surface area contributed by atoms with E-state index in [4.69, 9.17) is 23.2 Å². The van der Waals surface area contributed by atoms with Crippen molar-refractivity contribution in [2.75, 3.05) is 11.8 Å². The summed E-state index contributed by atoms with van der Waals surface area (Å²) in [6.45, 7) is 3.71. The third-order valence-electron chi connectivity index (χ3n) is 2.45. The van der Waals surface area contributed by atoms with Crippen molar-refractivity contribution in [2.45, 2.75) is 19.4 Å². The molecule has 1 N–H and O–H groups in total. The van der Waals surface area contributed by atoms with Crippen molar-refractivity contribution >= 4 is 45.0 Å². The Morgan fingerprint density at radius 3 is 2.53 bits per heavy atom. The number of rotatable bonds is 4. The van der Waals surface area contributed by atoms with Gasteiger partial charge in [-0.05, 0) is 31.5 Å². The van der Waals surface area contributed by atoms with Crippen molar-refractivity contribution in [3.63, 3.8) is 0 Å². The number of amides is 1. The number of halogens is 3. The fourth-order valence-electron chi connectivity index (χ4n) is 1.28. The second-order valence-electron chi connectivity index (χ2n) is 4.24. The van der Waals surface area contributed by atoms with Crippen LogP contribution in [0.2, 0.25) is 0 Å². The molecule has 17 heavy (non-hydrogen) atoms. The Balaban J connectivity index is 2.94. The summed E-state index contributed by atoms with van der Waals surface area (Å²) in [5.41, 5.74) is 0.951. The summed E-state index contributed by atoms with van der Waals surface area (Å²) in [6, 6.07) is 5.57. The molecule has 0 aromatic heterocycles. The van der Waals surface area contributed by atoms with Crippen molar-refractivity contribution < 1.29 is 4.79 Å². The lowest BCUT2D eigenvalue weighted by Crippen LogP contribution is -2.49. The van der Waals surface area contributed by atoms with Gasteiger partial charge in [-0.25, -0.2) is 0 Å². The molecule has 0 aliphatic heterocycles. The minimum Gasteiger partial charge on any atom is -0.344 e. The molecule has 1 rings (SSSR count). The highest BCUT2D eigenvalue weighted by Gasteiger charge is 2.25. The molecule has 1 aromatic rings. The van der Waals surface area contributed by atoms with Crippen LogP contribution in [-0.4, -0.2) is 23.2 Å². The van der Waals surface area contributed by atoms with Gasteiger partial charge in [0.05, 0.1) is 5.54 Å².